The highest BCUT2D eigenvalue weighted by Gasteiger charge is 2.14. The third-order valence-corrected chi connectivity index (χ3v) is 2.56. The molecule has 0 heterocycles. The van der Waals surface area contributed by atoms with Crippen LogP contribution in [-0.2, 0) is 0 Å². The number of methoxy groups -OCH3 is 1. The van der Waals surface area contributed by atoms with Crippen LogP contribution in [0.4, 0.5) is 4.39 Å². The maximum Gasteiger partial charge on any atom is 0.165 e. The zero-order valence-electron chi connectivity index (χ0n) is 9.61. The topological polar surface area (TPSA) is 55.5 Å². The average Bonchev–Trinajstić information content (AvgIpc) is 2.25. The SMILES string of the molecule is COc1ccc(C(CN)CC(C)O)cc1F. The Morgan fingerprint density at radius 2 is 2.19 bits per heavy atom. The number of ether oxygens (including phenoxy) is 1. The Bertz CT molecular complexity index is 342. The fourth-order valence-electron chi connectivity index (χ4n) is 1.72. The molecule has 1 rings (SSSR count). The van der Waals surface area contributed by atoms with Gasteiger partial charge in [-0.25, -0.2) is 4.39 Å². The van der Waals surface area contributed by atoms with E-state index in [0.29, 0.717) is 13.0 Å². The molecular formula is C12H18FNO2. The Kier molecular flexibility index (Phi) is 4.71. The fraction of sp³-hybridized carbons (Fsp3) is 0.500. The first kappa shape index (κ1) is 12.9. The first-order valence-corrected chi connectivity index (χ1v) is 5.30. The Balaban J connectivity index is 2.89. The summed E-state index contributed by atoms with van der Waals surface area (Å²) in [6.45, 7) is 2.08. The van der Waals surface area contributed by atoms with E-state index in [9.17, 15) is 9.50 Å². The molecule has 0 aliphatic heterocycles. The number of nitrogens with two attached hydrogens (primary N) is 1. The molecule has 0 aliphatic carbocycles. The summed E-state index contributed by atoms with van der Waals surface area (Å²) in [7, 11) is 1.42. The lowest BCUT2D eigenvalue weighted by Gasteiger charge is -2.17. The van der Waals surface area contributed by atoms with Crippen molar-refractivity contribution >= 4 is 0 Å². The molecule has 0 aromatic heterocycles. The van der Waals surface area contributed by atoms with E-state index in [1.54, 1.807) is 19.1 Å². The summed E-state index contributed by atoms with van der Waals surface area (Å²) in [6, 6.07) is 4.77. The van der Waals surface area contributed by atoms with Gasteiger partial charge in [-0.2, -0.15) is 0 Å². The van der Waals surface area contributed by atoms with E-state index in [2.05, 4.69) is 0 Å². The molecule has 0 aliphatic rings. The maximum absolute atomic E-state index is 13.5. The minimum Gasteiger partial charge on any atom is -0.494 e. The number of aliphatic hydroxyl groups is 1. The molecule has 0 saturated heterocycles. The zero-order chi connectivity index (χ0) is 12.1. The summed E-state index contributed by atoms with van der Waals surface area (Å²) in [5, 5.41) is 9.31. The van der Waals surface area contributed by atoms with E-state index in [1.807, 2.05) is 0 Å². The van der Waals surface area contributed by atoms with Crippen LogP contribution in [0.1, 0.15) is 24.8 Å². The van der Waals surface area contributed by atoms with Gasteiger partial charge in [-0.3, -0.25) is 0 Å². The lowest BCUT2D eigenvalue weighted by atomic mass is 9.93. The van der Waals surface area contributed by atoms with E-state index in [4.69, 9.17) is 10.5 Å². The van der Waals surface area contributed by atoms with Crippen LogP contribution in [0, 0.1) is 5.82 Å². The summed E-state index contributed by atoms with van der Waals surface area (Å²) >= 11 is 0. The Morgan fingerprint density at radius 3 is 2.62 bits per heavy atom. The highest BCUT2D eigenvalue weighted by molar-refractivity contribution is 5.31. The minimum atomic E-state index is -0.446. The third kappa shape index (κ3) is 3.18. The van der Waals surface area contributed by atoms with Crippen molar-refractivity contribution in [3.63, 3.8) is 0 Å². The number of halogens is 1. The predicted molar refractivity (Wildman–Crippen MR) is 61.0 cm³/mol. The standard InChI is InChI=1S/C12H18FNO2/c1-8(15)5-10(7-14)9-3-4-12(16-2)11(13)6-9/h3-4,6,8,10,15H,5,7,14H2,1-2H3. The van der Waals surface area contributed by atoms with Crippen LogP contribution >= 0.6 is 0 Å². The smallest absolute Gasteiger partial charge is 0.165 e. The lowest BCUT2D eigenvalue weighted by molar-refractivity contribution is 0.175. The molecule has 1 aromatic rings. The minimum absolute atomic E-state index is 0.0274. The van der Waals surface area contributed by atoms with E-state index in [0.717, 1.165) is 5.56 Å². The largest absolute Gasteiger partial charge is 0.494 e. The van der Waals surface area contributed by atoms with Crippen molar-refractivity contribution in [3.8, 4) is 5.75 Å². The molecule has 0 radical (unpaired) electrons. The maximum atomic E-state index is 13.5. The van der Waals surface area contributed by atoms with Gasteiger partial charge in [0.15, 0.2) is 11.6 Å². The Morgan fingerprint density at radius 1 is 1.50 bits per heavy atom. The van der Waals surface area contributed by atoms with Crippen LogP contribution in [0.3, 0.4) is 0 Å². The zero-order valence-corrected chi connectivity index (χ0v) is 9.61. The fourth-order valence-corrected chi connectivity index (χ4v) is 1.72. The van der Waals surface area contributed by atoms with Crippen molar-refractivity contribution in [1.82, 2.24) is 0 Å². The van der Waals surface area contributed by atoms with Gasteiger partial charge in [-0.05, 0) is 43.5 Å². The Labute approximate surface area is 95.0 Å². The molecule has 1 aromatic carbocycles. The highest BCUT2D eigenvalue weighted by atomic mass is 19.1. The van der Waals surface area contributed by atoms with Gasteiger partial charge in [0.2, 0.25) is 0 Å². The quantitative estimate of drug-likeness (QED) is 0.804. The number of rotatable bonds is 5. The molecular weight excluding hydrogens is 209 g/mol. The van der Waals surface area contributed by atoms with Gasteiger partial charge in [-0.1, -0.05) is 6.07 Å². The summed E-state index contributed by atoms with van der Waals surface area (Å²) in [5.41, 5.74) is 6.40. The van der Waals surface area contributed by atoms with Gasteiger partial charge in [0.25, 0.3) is 0 Å². The molecule has 2 atom stereocenters. The van der Waals surface area contributed by atoms with E-state index >= 15 is 0 Å². The molecule has 0 saturated carbocycles. The van der Waals surface area contributed by atoms with Crippen LogP contribution < -0.4 is 10.5 Å². The van der Waals surface area contributed by atoms with Gasteiger partial charge in [0.05, 0.1) is 13.2 Å². The first-order chi connectivity index (χ1) is 7.58. The van der Waals surface area contributed by atoms with Crippen LogP contribution in [0.2, 0.25) is 0 Å². The number of hydrogen-bond acceptors (Lipinski definition) is 3. The van der Waals surface area contributed by atoms with Gasteiger partial charge < -0.3 is 15.6 Å². The molecule has 3 N–H and O–H groups in total. The molecule has 2 unspecified atom stereocenters. The lowest BCUT2D eigenvalue weighted by Crippen LogP contribution is -2.17. The summed E-state index contributed by atoms with van der Waals surface area (Å²) < 4.78 is 18.3. The molecule has 0 amide bonds. The van der Waals surface area contributed by atoms with Crippen LogP contribution in [0.15, 0.2) is 18.2 Å². The third-order valence-electron chi connectivity index (χ3n) is 2.56. The predicted octanol–water partition coefficient (Wildman–Crippen LogP) is 1.65. The molecule has 0 bridgehead atoms. The van der Waals surface area contributed by atoms with Gasteiger partial charge in [0, 0.05) is 0 Å². The Hall–Kier alpha value is -1.13. The van der Waals surface area contributed by atoms with Gasteiger partial charge in [-0.15, -0.1) is 0 Å². The van der Waals surface area contributed by atoms with Crippen molar-refractivity contribution in [2.75, 3.05) is 13.7 Å². The second kappa shape index (κ2) is 5.82. The second-order valence-electron chi connectivity index (χ2n) is 3.91. The first-order valence-electron chi connectivity index (χ1n) is 5.30. The molecule has 3 nitrogen and oxygen atoms in total. The van der Waals surface area contributed by atoms with E-state index < -0.39 is 11.9 Å². The molecule has 16 heavy (non-hydrogen) atoms. The number of aliphatic hydroxyl groups excluding tert-OH is 1. The molecule has 90 valence electrons. The van der Waals surface area contributed by atoms with Crippen LogP contribution in [-0.4, -0.2) is 24.9 Å². The second-order valence-corrected chi connectivity index (χ2v) is 3.91. The van der Waals surface area contributed by atoms with Crippen molar-refractivity contribution in [2.24, 2.45) is 5.73 Å². The highest BCUT2D eigenvalue weighted by Crippen LogP contribution is 2.25. The molecule has 4 heteroatoms. The molecule has 0 spiro atoms. The monoisotopic (exact) mass is 227 g/mol. The average molecular weight is 227 g/mol. The number of benzene rings is 1. The number of hydrogen-bond donors (Lipinski definition) is 2. The summed E-state index contributed by atoms with van der Waals surface area (Å²) in [6.07, 6.45) is 0.0844. The van der Waals surface area contributed by atoms with E-state index in [-0.39, 0.29) is 11.7 Å². The van der Waals surface area contributed by atoms with Crippen LogP contribution in [0.5, 0.6) is 5.75 Å². The van der Waals surface area contributed by atoms with Gasteiger partial charge in [0.1, 0.15) is 0 Å². The van der Waals surface area contributed by atoms with Crippen molar-refractivity contribution in [1.29, 1.82) is 0 Å². The van der Waals surface area contributed by atoms with Crippen molar-refractivity contribution in [2.45, 2.75) is 25.4 Å². The summed E-state index contributed by atoms with van der Waals surface area (Å²) in [4.78, 5) is 0. The van der Waals surface area contributed by atoms with Crippen molar-refractivity contribution in [3.05, 3.63) is 29.6 Å². The van der Waals surface area contributed by atoms with E-state index in [1.165, 1.54) is 13.2 Å². The van der Waals surface area contributed by atoms with Crippen molar-refractivity contribution < 1.29 is 14.2 Å². The van der Waals surface area contributed by atoms with Gasteiger partial charge >= 0.3 is 0 Å². The summed E-state index contributed by atoms with van der Waals surface area (Å²) in [5.74, 6) is -0.207. The molecule has 0 fully saturated rings. The van der Waals surface area contributed by atoms with Crippen LogP contribution in [0.25, 0.3) is 0 Å². The normalized spacial score (nSPS) is 14.6.